The summed E-state index contributed by atoms with van der Waals surface area (Å²) in [4.78, 5) is 4.43. The number of rotatable bonds is 4. The van der Waals surface area contributed by atoms with Gasteiger partial charge in [-0.3, -0.25) is 0 Å². The van der Waals surface area contributed by atoms with E-state index < -0.39 is 10.0 Å². The molecule has 0 aliphatic heterocycles. The Bertz CT molecular complexity index is 928. The highest BCUT2D eigenvalue weighted by molar-refractivity contribution is 7.90. The Kier molecular flexibility index (Phi) is 3.92. The fraction of sp³-hybridized carbons (Fsp3) is 0.118. The summed E-state index contributed by atoms with van der Waals surface area (Å²) >= 11 is 0. The van der Waals surface area contributed by atoms with E-state index in [9.17, 15) is 8.42 Å². The molecule has 0 N–H and O–H groups in total. The van der Waals surface area contributed by atoms with E-state index in [1.807, 2.05) is 19.1 Å². The monoisotopic (exact) mass is 328 g/mol. The molecular weight excluding hydrogens is 312 g/mol. The van der Waals surface area contributed by atoms with Gasteiger partial charge in [-0.05, 0) is 31.2 Å². The van der Waals surface area contributed by atoms with E-state index in [-0.39, 0.29) is 4.90 Å². The summed E-state index contributed by atoms with van der Waals surface area (Å²) in [5.74, 6) is 0.891. The minimum atomic E-state index is -3.72. The average molecular weight is 328 g/mol. The maximum absolute atomic E-state index is 12.9. The van der Waals surface area contributed by atoms with Gasteiger partial charge in [-0.1, -0.05) is 29.8 Å². The van der Waals surface area contributed by atoms with Crippen molar-refractivity contribution >= 4 is 10.0 Å². The topological polar surface area (TPSA) is 61.2 Å². The van der Waals surface area contributed by atoms with Gasteiger partial charge in [0.2, 0.25) is 0 Å². The molecule has 0 radical (unpaired) electrons. The lowest BCUT2D eigenvalue weighted by Gasteiger charge is -2.12. The van der Waals surface area contributed by atoms with Gasteiger partial charge in [0, 0.05) is 12.4 Å². The third-order valence-corrected chi connectivity index (χ3v) is 5.21. The van der Waals surface area contributed by atoms with E-state index in [1.165, 1.54) is 16.4 Å². The van der Waals surface area contributed by atoms with Crippen LogP contribution < -0.4 is 4.74 Å². The summed E-state index contributed by atoms with van der Waals surface area (Å²) in [5.41, 5.74) is 1.62. The molecule has 3 aromatic rings. The molecule has 0 aliphatic carbocycles. The number of para-hydroxylation sites is 1. The third kappa shape index (κ3) is 2.73. The lowest BCUT2D eigenvalue weighted by molar-refractivity contribution is 0.416. The van der Waals surface area contributed by atoms with Crippen LogP contribution in [0.5, 0.6) is 5.75 Å². The molecule has 2 aromatic carbocycles. The molecule has 118 valence electrons. The Morgan fingerprint density at radius 1 is 1.04 bits per heavy atom. The van der Waals surface area contributed by atoms with Crippen molar-refractivity contribution in [2.75, 3.05) is 7.11 Å². The Hall–Kier alpha value is -2.60. The van der Waals surface area contributed by atoms with Gasteiger partial charge < -0.3 is 4.74 Å². The Morgan fingerprint density at radius 3 is 2.43 bits per heavy atom. The summed E-state index contributed by atoms with van der Waals surface area (Å²) in [5, 5.41) is 0. The van der Waals surface area contributed by atoms with Gasteiger partial charge in [0.15, 0.2) is 5.82 Å². The van der Waals surface area contributed by atoms with Crippen LogP contribution in [0, 0.1) is 6.92 Å². The minimum absolute atomic E-state index is 0.220. The SMILES string of the molecule is COc1ccccc1-c1nccn1S(=O)(=O)c1ccc(C)cc1. The van der Waals surface area contributed by atoms with Crippen LogP contribution >= 0.6 is 0 Å². The summed E-state index contributed by atoms with van der Waals surface area (Å²) in [6.07, 6.45) is 2.91. The molecule has 0 unspecified atom stereocenters. The van der Waals surface area contributed by atoms with Crippen LogP contribution in [0.15, 0.2) is 65.8 Å². The standard InChI is InChI=1S/C17H16N2O3S/c1-13-7-9-14(10-8-13)23(20,21)19-12-11-18-17(19)15-5-3-4-6-16(15)22-2/h3-12H,1-2H3. The van der Waals surface area contributed by atoms with Crippen molar-refractivity contribution in [1.82, 2.24) is 8.96 Å². The highest BCUT2D eigenvalue weighted by Gasteiger charge is 2.22. The van der Waals surface area contributed by atoms with Crippen molar-refractivity contribution in [3.05, 3.63) is 66.5 Å². The smallest absolute Gasteiger partial charge is 0.269 e. The second kappa shape index (κ2) is 5.89. The van der Waals surface area contributed by atoms with Gasteiger partial charge in [0.05, 0.1) is 17.6 Å². The van der Waals surface area contributed by atoms with Crippen LogP contribution in [0.1, 0.15) is 5.56 Å². The zero-order chi connectivity index (χ0) is 16.4. The van der Waals surface area contributed by atoms with E-state index in [2.05, 4.69) is 4.98 Å². The maximum atomic E-state index is 12.9. The van der Waals surface area contributed by atoms with Crippen molar-refractivity contribution in [1.29, 1.82) is 0 Å². The number of hydrogen-bond acceptors (Lipinski definition) is 4. The van der Waals surface area contributed by atoms with E-state index in [1.54, 1.807) is 43.5 Å². The normalized spacial score (nSPS) is 11.4. The van der Waals surface area contributed by atoms with Crippen LogP contribution in [0.2, 0.25) is 0 Å². The van der Waals surface area contributed by atoms with E-state index in [0.29, 0.717) is 17.1 Å². The number of ether oxygens (including phenoxy) is 1. The van der Waals surface area contributed by atoms with Crippen molar-refractivity contribution in [3.63, 3.8) is 0 Å². The number of methoxy groups -OCH3 is 1. The first-order valence-electron chi connectivity index (χ1n) is 7.03. The zero-order valence-corrected chi connectivity index (χ0v) is 13.6. The first kappa shape index (κ1) is 15.3. The number of benzene rings is 2. The lowest BCUT2D eigenvalue weighted by atomic mass is 10.2. The lowest BCUT2D eigenvalue weighted by Crippen LogP contribution is -2.13. The molecule has 0 bridgehead atoms. The molecule has 23 heavy (non-hydrogen) atoms. The van der Waals surface area contributed by atoms with Crippen molar-refractivity contribution < 1.29 is 13.2 Å². The molecule has 0 spiro atoms. The Morgan fingerprint density at radius 2 is 1.74 bits per heavy atom. The molecule has 1 aromatic heterocycles. The molecule has 0 saturated heterocycles. The van der Waals surface area contributed by atoms with Crippen LogP contribution in [0.25, 0.3) is 11.4 Å². The van der Waals surface area contributed by atoms with Gasteiger partial charge in [0.1, 0.15) is 5.75 Å². The second-order valence-corrected chi connectivity index (χ2v) is 6.88. The van der Waals surface area contributed by atoms with Gasteiger partial charge in [-0.15, -0.1) is 0 Å². The molecule has 0 saturated carbocycles. The summed E-state index contributed by atoms with van der Waals surface area (Å²) in [6, 6.07) is 13.9. The fourth-order valence-corrected chi connectivity index (χ4v) is 3.62. The largest absolute Gasteiger partial charge is 0.496 e. The first-order chi connectivity index (χ1) is 11.0. The molecule has 1 heterocycles. The predicted octanol–water partition coefficient (Wildman–Crippen LogP) is 3.10. The Labute approximate surface area is 135 Å². The number of aryl methyl sites for hydroxylation is 1. The maximum Gasteiger partial charge on any atom is 0.269 e. The summed E-state index contributed by atoms with van der Waals surface area (Å²) in [7, 11) is -2.18. The molecule has 6 heteroatoms. The fourth-order valence-electron chi connectivity index (χ4n) is 2.33. The molecule has 3 rings (SSSR count). The summed E-state index contributed by atoms with van der Waals surface area (Å²) in [6.45, 7) is 1.91. The highest BCUT2D eigenvalue weighted by Crippen LogP contribution is 2.30. The molecule has 0 fully saturated rings. The number of nitrogens with zero attached hydrogens (tertiary/aromatic N) is 2. The van der Waals surface area contributed by atoms with E-state index >= 15 is 0 Å². The predicted molar refractivity (Wildman–Crippen MR) is 88.0 cm³/mol. The van der Waals surface area contributed by atoms with Crippen molar-refractivity contribution in [2.24, 2.45) is 0 Å². The average Bonchev–Trinajstić information content (AvgIpc) is 3.05. The van der Waals surface area contributed by atoms with Crippen LogP contribution in [0.4, 0.5) is 0 Å². The summed E-state index contributed by atoms with van der Waals surface area (Å²) < 4.78 is 32.3. The Balaban J connectivity index is 2.16. The molecule has 0 aliphatic rings. The van der Waals surface area contributed by atoms with Gasteiger partial charge >= 0.3 is 0 Å². The number of aromatic nitrogens is 2. The van der Waals surface area contributed by atoms with Crippen LogP contribution in [-0.2, 0) is 10.0 Å². The molecule has 0 amide bonds. The quantitative estimate of drug-likeness (QED) is 0.738. The minimum Gasteiger partial charge on any atom is -0.496 e. The number of imidazole rings is 1. The van der Waals surface area contributed by atoms with Crippen molar-refractivity contribution in [3.8, 4) is 17.1 Å². The van der Waals surface area contributed by atoms with Crippen LogP contribution in [0.3, 0.4) is 0 Å². The number of hydrogen-bond donors (Lipinski definition) is 0. The molecule has 0 atom stereocenters. The van der Waals surface area contributed by atoms with Gasteiger partial charge in [0.25, 0.3) is 10.0 Å². The zero-order valence-electron chi connectivity index (χ0n) is 12.8. The van der Waals surface area contributed by atoms with Crippen molar-refractivity contribution in [2.45, 2.75) is 11.8 Å². The third-order valence-electron chi connectivity index (χ3n) is 3.53. The highest BCUT2D eigenvalue weighted by atomic mass is 32.2. The van der Waals surface area contributed by atoms with E-state index in [0.717, 1.165) is 5.56 Å². The first-order valence-corrected chi connectivity index (χ1v) is 8.47. The van der Waals surface area contributed by atoms with Gasteiger partial charge in [-0.25, -0.2) is 17.4 Å². The molecule has 5 nitrogen and oxygen atoms in total. The molecular formula is C17H16N2O3S. The van der Waals surface area contributed by atoms with E-state index in [4.69, 9.17) is 4.74 Å². The van der Waals surface area contributed by atoms with Crippen LogP contribution in [-0.4, -0.2) is 24.5 Å². The second-order valence-electron chi connectivity index (χ2n) is 5.07. The van der Waals surface area contributed by atoms with Gasteiger partial charge in [-0.2, -0.15) is 0 Å².